The summed E-state index contributed by atoms with van der Waals surface area (Å²) >= 11 is 0. The van der Waals surface area contributed by atoms with Gasteiger partial charge in [-0.1, -0.05) is 18.2 Å². The van der Waals surface area contributed by atoms with Gasteiger partial charge in [-0.15, -0.1) is 10.2 Å². The van der Waals surface area contributed by atoms with Crippen molar-refractivity contribution in [2.75, 3.05) is 31.2 Å². The lowest BCUT2D eigenvalue weighted by molar-refractivity contribution is -0.142. The molecule has 4 fully saturated rings. The number of amides is 2. The van der Waals surface area contributed by atoms with E-state index in [2.05, 4.69) is 38.1 Å². The Labute approximate surface area is 205 Å². The lowest BCUT2D eigenvalue weighted by atomic mass is 9.77. The molecule has 2 aromatic rings. The number of rotatable bonds is 4. The Kier molecular flexibility index (Phi) is 5.72. The van der Waals surface area contributed by atoms with Crippen LogP contribution in [0.3, 0.4) is 0 Å². The van der Waals surface area contributed by atoms with Gasteiger partial charge in [-0.05, 0) is 50.2 Å². The second-order valence-corrected chi connectivity index (χ2v) is 10.4. The number of aryl methyl sites for hydroxylation is 1. The van der Waals surface area contributed by atoms with Gasteiger partial charge in [-0.2, -0.15) is 0 Å². The standard InChI is InChI=1S/C25H33N7O3/c1-17-27-29-22(35-17)15-31-16-32(20-5-3-2-4-6-20)25(24(31)34)9-11-30(12-10-25)23(33)18-7-8-21-19(13-18)14-26-28-21/h2-6,18-19,21,26,28H,7-16H2,1H3. The molecule has 2 amide bonds. The summed E-state index contributed by atoms with van der Waals surface area (Å²) in [6, 6.07) is 10.6. The average Bonchev–Trinajstić information content (AvgIpc) is 3.59. The topological polar surface area (TPSA) is 107 Å². The van der Waals surface area contributed by atoms with Crippen LogP contribution in [0.25, 0.3) is 0 Å². The van der Waals surface area contributed by atoms with E-state index in [9.17, 15) is 9.59 Å². The van der Waals surface area contributed by atoms with Gasteiger partial charge in [0.1, 0.15) is 12.1 Å². The molecule has 0 radical (unpaired) electrons. The van der Waals surface area contributed by atoms with Crippen LogP contribution in [-0.2, 0) is 16.1 Å². The Hall–Kier alpha value is -2.98. The molecule has 1 aliphatic carbocycles. The number of nitrogens with one attached hydrogen (secondary N) is 2. The van der Waals surface area contributed by atoms with Crippen LogP contribution in [0.15, 0.2) is 34.7 Å². The van der Waals surface area contributed by atoms with E-state index in [1.165, 1.54) is 0 Å². The van der Waals surface area contributed by atoms with E-state index >= 15 is 0 Å². The van der Waals surface area contributed by atoms with Crippen molar-refractivity contribution in [2.24, 2.45) is 11.8 Å². The number of hydrazine groups is 1. The first-order chi connectivity index (χ1) is 17.0. The zero-order valence-corrected chi connectivity index (χ0v) is 20.2. The summed E-state index contributed by atoms with van der Waals surface area (Å²) in [5, 5.41) is 8.00. The highest BCUT2D eigenvalue weighted by atomic mass is 16.4. The van der Waals surface area contributed by atoms with Crippen molar-refractivity contribution in [3.8, 4) is 0 Å². The number of hydrogen-bond acceptors (Lipinski definition) is 8. The van der Waals surface area contributed by atoms with Crippen LogP contribution >= 0.6 is 0 Å². The molecule has 3 saturated heterocycles. The number of anilines is 1. The van der Waals surface area contributed by atoms with Gasteiger partial charge in [0, 0.05) is 44.2 Å². The second kappa shape index (κ2) is 8.91. The van der Waals surface area contributed by atoms with Gasteiger partial charge in [0.05, 0.1) is 6.67 Å². The first kappa shape index (κ1) is 22.5. The Bertz CT molecular complexity index is 1080. The van der Waals surface area contributed by atoms with Crippen LogP contribution in [0.5, 0.6) is 0 Å². The maximum absolute atomic E-state index is 13.9. The van der Waals surface area contributed by atoms with E-state index in [0.29, 0.717) is 62.9 Å². The van der Waals surface area contributed by atoms with Crippen molar-refractivity contribution in [1.29, 1.82) is 0 Å². The number of carbonyl (C=O) groups is 2. The molecule has 10 heteroatoms. The molecule has 1 aromatic carbocycles. The van der Waals surface area contributed by atoms with Gasteiger partial charge in [-0.3, -0.25) is 20.4 Å². The predicted octanol–water partition coefficient (Wildman–Crippen LogP) is 1.44. The number of aromatic nitrogens is 2. The Morgan fingerprint density at radius 2 is 1.97 bits per heavy atom. The molecule has 6 rings (SSSR count). The third-order valence-electron chi connectivity index (χ3n) is 8.36. The summed E-state index contributed by atoms with van der Waals surface area (Å²) in [7, 11) is 0. The van der Waals surface area contributed by atoms with Crippen LogP contribution in [0.1, 0.15) is 43.9 Å². The fraction of sp³-hybridized carbons (Fsp3) is 0.600. The van der Waals surface area contributed by atoms with E-state index in [4.69, 9.17) is 4.42 Å². The summed E-state index contributed by atoms with van der Waals surface area (Å²) in [6.45, 7) is 4.64. The van der Waals surface area contributed by atoms with Gasteiger partial charge in [0.25, 0.3) is 5.91 Å². The van der Waals surface area contributed by atoms with Crippen molar-refractivity contribution in [3.05, 3.63) is 42.1 Å². The SMILES string of the molecule is Cc1nnc(CN2CN(c3ccccc3)C3(CCN(C(=O)C4CCC5NNCC5C4)CC3)C2=O)o1. The number of fused-ring (bicyclic) bond motifs is 1. The molecule has 1 saturated carbocycles. The molecule has 3 atom stereocenters. The van der Waals surface area contributed by atoms with Crippen LogP contribution < -0.4 is 15.8 Å². The summed E-state index contributed by atoms with van der Waals surface area (Å²) in [6.07, 6.45) is 4.15. The molecule has 35 heavy (non-hydrogen) atoms. The van der Waals surface area contributed by atoms with Gasteiger partial charge >= 0.3 is 0 Å². The number of piperidine rings is 1. The van der Waals surface area contributed by atoms with Crippen LogP contribution in [0.2, 0.25) is 0 Å². The third kappa shape index (κ3) is 3.98. The molecule has 186 valence electrons. The zero-order valence-electron chi connectivity index (χ0n) is 20.2. The summed E-state index contributed by atoms with van der Waals surface area (Å²) in [5.74, 6) is 1.90. The number of para-hydroxylation sites is 1. The number of carbonyl (C=O) groups excluding carboxylic acids is 2. The summed E-state index contributed by atoms with van der Waals surface area (Å²) < 4.78 is 5.56. The largest absolute Gasteiger partial charge is 0.424 e. The van der Waals surface area contributed by atoms with Crippen molar-refractivity contribution < 1.29 is 14.0 Å². The highest BCUT2D eigenvalue weighted by Gasteiger charge is 2.54. The lowest BCUT2D eigenvalue weighted by Crippen LogP contribution is -2.58. The van der Waals surface area contributed by atoms with E-state index in [1.807, 2.05) is 23.1 Å². The number of nitrogens with zero attached hydrogens (tertiary/aromatic N) is 5. The predicted molar refractivity (Wildman–Crippen MR) is 128 cm³/mol. The molecular weight excluding hydrogens is 446 g/mol. The Balaban J connectivity index is 1.19. The third-order valence-corrected chi connectivity index (χ3v) is 8.36. The monoisotopic (exact) mass is 479 g/mol. The fourth-order valence-corrected chi connectivity index (χ4v) is 6.47. The quantitative estimate of drug-likeness (QED) is 0.679. The maximum atomic E-state index is 13.9. The highest BCUT2D eigenvalue weighted by Crippen LogP contribution is 2.41. The fourth-order valence-electron chi connectivity index (χ4n) is 6.47. The van der Waals surface area contributed by atoms with Crippen molar-refractivity contribution in [1.82, 2.24) is 30.8 Å². The highest BCUT2D eigenvalue weighted by molar-refractivity contribution is 5.94. The molecule has 2 N–H and O–H groups in total. The first-order valence-electron chi connectivity index (χ1n) is 12.7. The van der Waals surface area contributed by atoms with Crippen molar-refractivity contribution in [2.45, 2.75) is 57.2 Å². The van der Waals surface area contributed by atoms with Crippen LogP contribution in [0, 0.1) is 18.8 Å². The van der Waals surface area contributed by atoms with E-state index in [1.54, 1.807) is 11.8 Å². The molecule has 4 heterocycles. The molecular formula is C25H33N7O3. The molecule has 1 spiro atoms. The van der Waals surface area contributed by atoms with E-state index in [0.717, 1.165) is 31.5 Å². The normalized spacial score (nSPS) is 28.1. The lowest BCUT2D eigenvalue weighted by Gasteiger charge is -2.44. The first-order valence-corrected chi connectivity index (χ1v) is 12.7. The van der Waals surface area contributed by atoms with E-state index in [-0.39, 0.29) is 17.7 Å². The molecule has 4 aliphatic rings. The maximum Gasteiger partial charge on any atom is 0.250 e. The van der Waals surface area contributed by atoms with Gasteiger partial charge in [0.15, 0.2) is 0 Å². The minimum Gasteiger partial charge on any atom is -0.424 e. The molecule has 3 aliphatic heterocycles. The number of hydrogen-bond donors (Lipinski definition) is 2. The van der Waals surface area contributed by atoms with Gasteiger partial charge < -0.3 is 19.1 Å². The van der Waals surface area contributed by atoms with Crippen LogP contribution in [0.4, 0.5) is 5.69 Å². The molecule has 3 unspecified atom stereocenters. The van der Waals surface area contributed by atoms with Crippen LogP contribution in [-0.4, -0.2) is 69.7 Å². The van der Waals surface area contributed by atoms with Crippen molar-refractivity contribution >= 4 is 17.5 Å². The molecule has 0 bridgehead atoms. The van der Waals surface area contributed by atoms with Crippen molar-refractivity contribution in [3.63, 3.8) is 0 Å². The zero-order chi connectivity index (χ0) is 24.0. The number of likely N-dealkylation sites (tertiary alicyclic amines) is 1. The Morgan fingerprint density at radius 1 is 1.17 bits per heavy atom. The second-order valence-electron chi connectivity index (χ2n) is 10.4. The smallest absolute Gasteiger partial charge is 0.250 e. The number of benzene rings is 1. The van der Waals surface area contributed by atoms with E-state index < -0.39 is 5.54 Å². The molecule has 1 aromatic heterocycles. The summed E-state index contributed by atoms with van der Waals surface area (Å²) in [4.78, 5) is 33.3. The minimum absolute atomic E-state index is 0.0768. The average molecular weight is 480 g/mol. The van der Waals surface area contributed by atoms with Gasteiger partial charge in [0.2, 0.25) is 17.7 Å². The van der Waals surface area contributed by atoms with Gasteiger partial charge in [-0.25, -0.2) is 0 Å². The molecule has 10 nitrogen and oxygen atoms in total. The Morgan fingerprint density at radius 3 is 2.71 bits per heavy atom. The minimum atomic E-state index is -0.663. The summed E-state index contributed by atoms with van der Waals surface area (Å²) in [5.41, 5.74) is 6.94.